The van der Waals surface area contributed by atoms with Crippen LogP contribution >= 0.6 is 11.3 Å². The highest BCUT2D eigenvalue weighted by Gasteiger charge is 2.36. The number of aryl methyl sites for hydroxylation is 1. The van der Waals surface area contributed by atoms with Crippen molar-refractivity contribution in [2.45, 2.75) is 13.1 Å². The topological polar surface area (TPSA) is 58.9 Å². The Labute approximate surface area is 90.7 Å². The van der Waals surface area contributed by atoms with E-state index in [-0.39, 0.29) is 10.7 Å². The molecule has 0 aliphatic rings. The molecule has 2 aromatic rings. The van der Waals surface area contributed by atoms with E-state index in [4.69, 9.17) is 0 Å². The minimum absolute atomic E-state index is 0.143. The molecule has 0 bridgehead atoms. The third-order valence-corrected chi connectivity index (χ3v) is 2.87. The van der Waals surface area contributed by atoms with Crippen molar-refractivity contribution < 1.29 is 17.7 Å². The highest BCUT2D eigenvalue weighted by Crippen LogP contribution is 2.40. The van der Waals surface area contributed by atoms with Crippen LogP contribution in [0, 0.1) is 6.92 Å². The summed E-state index contributed by atoms with van der Waals surface area (Å²) < 4.78 is 42.0. The van der Waals surface area contributed by atoms with Crippen LogP contribution in [0.15, 0.2) is 15.4 Å². The van der Waals surface area contributed by atoms with Gasteiger partial charge in [0.15, 0.2) is 5.82 Å². The fourth-order valence-electron chi connectivity index (χ4n) is 1.23. The monoisotopic (exact) mass is 250 g/mol. The fourth-order valence-corrected chi connectivity index (χ4v) is 2.20. The van der Waals surface area contributed by atoms with Crippen LogP contribution in [0.25, 0.3) is 10.7 Å². The van der Waals surface area contributed by atoms with Gasteiger partial charge in [0.1, 0.15) is 0 Å². The molecule has 86 valence electrons. The summed E-state index contributed by atoms with van der Waals surface area (Å²) in [6.07, 6.45) is -4.48. The predicted octanol–water partition coefficient (Wildman–Crippen LogP) is 2.42. The summed E-state index contributed by atoms with van der Waals surface area (Å²) in [6, 6.07) is 1.01. The van der Waals surface area contributed by atoms with Gasteiger partial charge < -0.3 is 0 Å². The predicted molar refractivity (Wildman–Crippen MR) is 50.2 cm³/mol. The molecule has 1 N–H and O–H groups in total. The van der Waals surface area contributed by atoms with Crippen molar-refractivity contribution >= 4 is 11.3 Å². The van der Waals surface area contributed by atoms with Gasteiger partial charge in [-0.25, -0.2) is 4.79 Å². The van der Waals surface area contributed by atoms with Crippen LogP contribution in [0.4, 0.5) is 13.2 Å². The molecule has 2 rings (SSSR count). The molecule has 0 radical (unpaired) electrons. The van der Waals surface area contributed by atoms with E-state index < -0.39 is 17.5 Å². The maximum absolute atomic E-state index is 12.6. The number of alkyl halides is 3. The molecule has 2 heterocycles. The van der Waals surface area contributed by atoms with Crippen LogP contribution in [0.5, 0.6) is 0 Å². The average Bonchev–Trinajstić information content (AvgIpc) is 2.70. The SMILES string of the molecule is Cc1cc(C(F)(F)F)c(-c2noc(=O)[nH]2)s1. The summed E-state index contributed by atoms with van der Waals surface area (Å²) in [5.74, 6) is -1.08. The van der Waals surface area contributed by atoms with Gasteiger partial charge in [0.05, 0.1) is 10.4 Å². The van der Waals surface area contributed by atoms with Crippen LogP contribution < -0.4 is 5.76 Å². The van der Waals surface area contributed by atoms with Crippen molar-refractivity contribution in [3.05, 3.63) is 27.1 Å². The maximum Gasteiger partial charge on any atom is 0.439 e. The first-order valence-electron chi connectivity index (χ1n) is 4.12. The minimum atomic E-state index is -4.48. The summed E-state index contributed by atoms with van der Waals surface area (Å²) in [5, 5.41) is 3.24. The normalized spacial score (nSPS) is 12.0. The average molecular weight is 250 g/mol. The zero-order valence-electron chi connectivity index (χ0n) is 7.88. The van der Waals surface area contributed by atoms with E-state index >= 15 is 0 Å². The summed E-state index contributed by atoms with van der Waals surface area (Å²) in [6.45, 7) is 1.54. The van der Waals surface area contributed by atoms with Crippen molar-refractivity contribution in [2.75, 3.05) is 0 Å². The number of nitrogens with zero attached hydrogens (tertiary/aromatic N) is 1. The lowest BCUT2D eigenvalue weighted by Gasteiger charge is -2.04. The highest BCUT2D eigenvalue weighted by molar-refractivity contribution is 7.15. The largest absolute Gasteiger partial charge is 0.439 e. The molecular weight excluding hydrogens is 245 g/mol. The smallest absolute Gasteiger partial charge is 0.296 e. The Morgan fingerprint density at radius 3 is 2.69 bits per heavy atom. The van der Waals surface area contributed by atoms with Gasteiger partial charge in [0.2, 0.25) is 0 Å². The van der Waals surface area contributed by atoms with Crippen molar-refractivity contribution in [1.29, 1.82) is 0 Å². The van der Waals surface area contributed by atoms with Crippen LogP contribution in [0.2, 0.25) is 0 Å². The third-order valence-electron chi connectivity index (χ3n) is 1.82. The third kappa shape index (κ3) is 1.87. The van der Waals surface area contributed by atoms with Gasteiger partial charge >= 0.3 is 11.9 Å². The van der Waals surface area contributed by atoms with Crippen LogP contribution in [0.1, 0.15) is 10.4 Å². The molecule has 8 heteroatoms. The summed E-state index contributed by atoms with van der Waals surface area (Å²) in [5.41, 5.74) is -0.820. The number of halogens is 3. The second-order valence-electron chi connectivity index (χ2n) is 3.04. The van der Waals surface area contributed by atoms with Crippen LogP contribution in [0.3, 0.4) is 0 Å². The quantitative estimate of drug-likeness (QED) is 0.845. The van der Waals surface area contributed by atoms with E-state index in [0.717, 1.165) is 17.4 Å². The lowest BCUT2D eigenvalue weighted by atomic mass is 10.2. The van der Waals surface area contributed by atoms with Gasteiger partial charge in [-0.1, -0.05) is 5.16 Å². The molecule has 0 fully saturated rings. The molecule has 4 nitrogen and oxygen atoms in total. The molecule has 0 saturated carbocycles. The molecule has 2 aromatic heterocycles. The second kappa shape index (κ2) is 3.48. The van der Waals surface area contributed by atoms with E-state index in [1.807, 2.05) is 0 Å². The molecular formula is C8H5F3N2O2S. The number of H-pyrrole nitrogens is 1. The number of hydrogen-bond donors (Lipinski definition) is 1. The number of aromatic nitrogens is 2. The van der Waals surface area contributed by atoms with Gasteiger partial charge in [-0.2, -0.15) is 13.2 Å². The lowest BCUT2D eigenvalue weighted by Crippen LogP contribution is -2.05. The number of rotatable bonds is 1. The number of thiophene rings is 1. The Balaban J connectivity index is 2.61. The first-order chi connectivity index (χ1) is 7.38. The summed E-state index contributed by atoms with van der Waals surface area (Å²) >= 11 is 0.895. The Kier molecular flexibility index (Phi) is 2.38. The first kappa shape index (κ1) is 10.9. The summed E-state index contributed by atoms with van der Waals surface area (Å²) in [4.78, 5) is 13.1. The highest BCUT2D eigenvalue weighted by atomic mass is 32.1. The van der Waals surface area contributed by atoms with Crippen LogP contribution in [-0.4, -0.2) is 10.1 Å². The molecule has 0 saturated heterocycles. The fraction of sp³-hybridized carbons (Fsp3) is 0.250. The van der Waals surface area contributed by atoms with Crippen LogP contribution in [-0.2, 0) is 6.18 Å². The first-order valence-corrected chi connectivity index (χ1v) is 4.93. The Hall–Kier alpha value is -1.57. The van der Waals surface area contributed by atoms with Crippen molar-refractivity contribution in [3.63, 3.8) is 0 Å². The Bertz CT molecular complexity index is 566. The molecule has 0 atom stereocenters. The lowest BCUT2D eigenvalue weighted by molar-refractivity contribution is -0.136. The van der Waals surface area contributed by atoms with E-state index in [9.17, 15) is 18.0 Å². The van der Waals surface area contributed by atoms with E-state index in [0.29, 0.717) is 4.88 Å². The van der Waals surface area contributed by atoms with Gasteiger partial charge in [0.25, 0.3) is 0 Å². The van der Waals surface area contributed by atoms with Gasteiger partial charge in [-0.3, -0.25) is 9.51 Å². The minimum Gasteiger partial charge on any atom is -0.296 e. The molecule has 0 spiro atoms. The van der Waals surface area contributed by atoms with Gasteiger partial charge in [-0.15, -0.1) is 11.3 Å². The van der Waals surface area contributed by atoms with Gasteiger partial charge in [-0.05, 0) is 13.0 Å². The molecule has 0 aliphatic carbocycles. The standard InChI is InChI=1S/C8H5F3N2O2S/c1-3-2-4(8(9,10)11)5(16-3)6-12-7(14)15-13-6/h2H,1H3,(H,12,13,14). The zero-order chi connectivity index (χ0) is 11.9. The number of aromatic amines is 1. The summed E-state index contributed by atoms with van der Waals surface area (Å²) in [7, 11) is 0. The van der Waals surface area contributed by atoms with E-state index in [2.05, 4.69) is 14.7 Å². The Morgan fingerprint density at radius 1 is 1.50 bits per heavy atom. The molecule has 16 heavy (non-hydrogen) atoms. The zero-order valence-corrected chi connectivity index (χ0v) is 8.70. The molecule has 0 aromatic carbocycles. The second-order valence-corrected chi connectivity index (χ2v) is 4.30. The van der Waals surface area contributed by atoms with E-state index in [1.54, 1.807) is 6.92 Å². The molecule has 0 amide bonds. The number of hydrogen-bond acceptors (Lipinski definition) is 4. The maximum atomic E-state index is 12.6. The van der Waals surface area contributed by atoms with Crippen molar-refractivity contribution in [2.24, 2.45) is 0 Å². The van der Waals surface area contributed by atoms with Gasteiger partial charge in [0, 0.05) is 4.88 Å². The van der Waals surface area contributed by atoms with Crippen molar-refractivity contribution in [3.8, 4) is 10.7 Å². The number of nitrogens with one attached hydrogen (secondary N) is 1. The molecule has 0 aliphatic heterocycles. The molecule has 0 unspecified atom stereocenters. The Morgan fingerprint density at radius 2 is 2.19 bits per heavy atom. The van der Waals surface area contributed by atoms with Crippen molar-refractivity contribution in [1.82, 2.24) is 10.1 Å². The van der Waals surface area contributed by atoms with E-state index in [1.165, 1.54) is 0 Å².